The highest BCUT2D eigenvalue weighted by atomic mass is 32.1. The summed E-state index contributed by atoms with van der Waals surface area (Å²) in [5.74, 6) is 0.495. The molecule has 0 saturated carbocycles. The molecule has 1 saturated heterocycles. The topological polar surface area (TPSA) is 29.3 Å². The third-order valence-electron chi connectivity index (χ3n) is 3.26. The minimum absolute atomic E-state index is 0.495. The van der Waals surface area contributed by atoms with Crippen LogP contribution < -0.4 is 5.73 Å². The molecule has 3 heteroatoms. The van der Waals surface area contributed by atoms with Crippen LogP contribution in [0.2, 0.25) is 0 Å². The summed E-state index contributed by atoms with van der Waals surface area (Å²) in [7, 11) is 0. The summed E-state index contributed by atoms with van der Waals surface area (Å²) in [6.07, 6.45) is 4.89. The molecule has 1 aliphatic heterocycles. The van der Waals surface area contributed by atoms with Gasteiger partial charge < -0.3 is 10.6 Å². The van der Waals surface area contributed by atoms with Crippen LogP contribution in [0.5, 0.6) is 0 Å². The Bertz CT molecular complexity index is 186. The molecule has 0 bridgehead atoms. The third-order valence-corrected chi connectivity index (χ3v) is 3.60. The number of hydrogen-bond acceptors (Lipinski definition) is 2. The number of nitrogens with zero attached hydrogens (tertiary/aromatic N) is 1. The van der Waals surface area contributed by atoms with Gasteiger partial charge in [0.25, 0.3) is 0 Å². The minimum Gasteiger partial charge on any atom is -0.393 e. The van der Waals surface area contributed by atoms with Gasteiger partial charge in [-0.15, -0.1) is 0 Å². The molecule has 1 heterocycles. The van der Waals surface area contributed by atoms with Crippen LogP contribution >= 0.6 is 12.2 Å². The van der Waals surface area contributed by atoms with Crippen molar-refractivity contribution >= 4 is 17.2 Å². The zero-order valence-corrected chi connectivity index (χ0v) is 10.1. The SMILES string of the molecule is CCCC(C)N1CCC(C(N)=S)CC1. The Labute approximate surface area is 92.8 Å². The van der Waals surface area contributed by atoms with Crippen molar-refractivity contribution in [2.24, 2.45) is 11.7 Å². The lowest BCUT2D eigenvalue weighted by molar-refractivity contribution is 0.152. The van der Waals surface area contributed by atoms with Crippen molar-refractivity contribution in [3.05, 3.63) is 0 Å². The van der Waals surface area contributed by atoms with E-state index in [1.54, 1.807) is 0 Å². The fourth-order valence-electron chi connectivity index (χ4n) is 2.23. The minimum atomic E-state index is 0.495. The number of nitrogens with two attached hydrogens (primary N) is 1. The van der Waals surface area contributed by atoms with Gasteiger partial charge in [-0.1, -0.05) is 25.6 Å². The van der Waals surface area contributed by atoms with Crippen LogP contribution in [0.3, 0.4) is 0 Å². The van der Waals surface area contributed by atoms with Crippen molar-refractivity contribution < 1.29 is 0 Å². The maximum Gasteiger partial charge on any atom is 0.0759 e. The van der Waals surface area contributed by atoms with Crippen molar-refractivity contribution in [1.82, 2.24) is 4.90 Å². The van der Waals surface area contributed by atoms with E-state index in [0.717, 1.165) is 18.9 Å². The predicted molar refractivity (Wildman–Crippen MR) is 65.5 cm³/mol. The second-order valence-corrected chi connectivity index (χ2v) is 4.82. The summed E-state index contributed by atoms with van der Waals surface area (Å²) in [5, 5.41) is 0. The average molecular weight is 214 g/mol. The highest BCUT2D eigenvalue weighted by Crippen LogP contribution is 2.20. The molecule has 14 heavy (non-hydrogen) atoms. The fraction of sp³-hybridized carbons (Fsp3) is 0.909. The van der Waals surface area contributed by atoms with Crippen LogP contribution in [0, 0.1) is 5.92 Å². The van der Waals surface area contributed by atoms with Crippen LogP contribution in [0.1, 0.15) is 39.5 Å². The summed E-state index contributed by atoms with van der Waals surface area (Å²) < 4.78 is 0. The lowest BCUT2D eigenvalue weighted by atomic mass is 9.95. The van der Waals surface area contributed by atoms with Gasteiger partial charge in [0.1, 0.15) is 0 Å². The maximum absolute atomic E-state index is 5.66. The Morgan fingerprint density at radius 2 is 2.07 bits per heavy atom. The summed E-state index contributed by atoms with van der Waals surface area (Å²) in [6.45, 7) is 6.91. The molecule has 0 spiro atoms. The molecule has 1 aliphatic rings. The molecule has 0 aromatic rings. The normalized spacial score (nSPS) is 22.1. The molecule has 1 atom stereocenters. The number of thiocarbonyl (C=S) groups is 1. The Balaban J connectivity index is 2.31. The second kappa shape index (κ2) is 5.66. The van der Waals surface area contributed by atoms with E-state index in [1.165, 1.54) is 25.9 Å². The summed E-state index contributed by atoms with van der Waals surface area (Å²) in [6, 6.07) is 0.729. The first-order chi connectivity index (χ1) is 6.65. The third kappa shape index (κ3) is 3.21. The molecule has 82 valence electrons. The van der Waals surface area contributed by atoms with Gasteiger partial charge >= 0.3 is 0 Å². The van der Waals surface area contributed by atoms with Gasteiger partial charge in [0, 0.05) is 12.0 Å². The Morgan fingerprint density at radius 1 is 1.50 bits per heavy atom. The van der Waals surface area contributed by atoms with Gasteiger partial charge in [0.05, 0.1) is 4.99 Å². The quantitative estimate of drug-likeness (QED) is 0.727. The van der Waals surface area contributed by atoms with E-state index in [0.29, 0.717) is 10.9 Å². The molecular weight excluding hydrogens is 192 g/mol. The highest BCUT2D eigenvalue weighted by molar-refractivity contribution is 7.80. The highest BCUT2D eigenvalue weighted by Gasteiger charge is 2.23. The van der Waals surface area contributed by atoms with Gasteiger partial charge in [-0.3, -0.25) is 0 Å². The molecular formula is C11H22N2S. The van der Waals surface area contributed by atoms with Crippen LogP contribution in [-0.2, 0) is 0 Å². The Morgan fingerprint density at radius 3 is 2.50 bits per heavy atom. The van der Waals surface area contributed by atoms with Gasteiger partial charge in [0.2, 0.25) is 0 Å². The van der Waals surface area contributed by atoms with Gasteiger partial charge in [-0.05, 0) is 39.3 Å². The molecule has 2 nitrogen and oxygen atoms in total. The molecule has 0 amide bonds. The summed E-state index contributed by atoms with van der Waals surface area (Å²) in [4.78, 5) is 3.28. The van der Waals surface area contributed by atoms with Crippen molar-refractivity contribution in [1.29, 1.82) is 0 Å². The summed E-state index contributed by atoms with van der Waals surface area (Å²) in [5.41, 5.74) is 5.66. The largest absolute Gasteiger partial charge is 0.393 e. The van der Waals surface area contributed by atoms with E-state index in [-0.39, 0.29) is 0 Å². The monoisotopic (exact) mass is 214 g/mol. The van der Waals surface area contributed by atoms with Crippen LogP contribution in [0.25, 0.3) is 0 Å². The molecule has 1 unspecified atom stereocenters. The van der Waals surface area contributed by atoms with E-state index in [4.69, 9.17) is 18.0 Å². The zero-order chi connectivity index (χ0) is 10.6. The Kier molecular flexibility index (Phi) is 4.82. The van der Waals surface area contributed by atoms with Gasteiger partial charge in [-0.2, -0.15) is 0 Å². The number of rotatable bonds is 4. The first kappa shape index (κ1) is 11.9. The second-order valence-electron chi connectivity index (χ2n) is 4.35. The van der Waals surface area contributed by atoms with E-state index < -0.39 is 0 Å². The van der Waals surface area contributed by atoms with Gasteiger partial charge in [0.15, 0.2) is 0 Å². The molecule has 0 aromatic carbocycles. The smallest absolute Gasteiger partial charge is 0.0759 e. The number of piperidine rings is 1. The van der Waals surface area contributed by atoms with Gasteiger partial charge in [-0.25, -0.2) is 0 Å². The van der Waals surface area contributed by atoms with E-state index in [9.17, 15) is 0 Å². The van der Waals surface area contributed by atoms with Crippen molar-refractivity contribution in [2.75, 3.05) is 13.1 Å². The van der Waals surface area contributed by atoms with Crippen LogP contribution in [0.4, 0.5) is 0 Å². The molecule has 0 radical (unpaired) electrons. The Hall–Kier alpha value is -0.150. The number of hydrogen-bond donors (Lipinski definition) is 1. The number of likely N-dealkylation sites (tertiary alicyclic amines) is 1. The molecule has 0 aromatic heterocycles. The van der Waals surface area contributed by atoms with E-state index in [2.05, 4.69) is 18.7 Å². The van der Waals surface area contributed by atoms with Crippen molar-refractivity contribution in [2.45, 2.75) is 45.6 Å². The standard InChI is InChI=1S/C11H22N2S/c1-3-4-9(2)13-7-5-10(6-8-13)11(12)14/h9-10H,3-8H2,1-2H3,(H2,12,14). The lowest BCUT2D eigenvalue weighted by Gasteiger charge is -2.35. The van der Waals surface area contributed by atoms with Crippen LogP contribution in [0.15, 0.2) is 0 Å². The lowest BCUT2D eigenvalue weighted by Crippen LogP contribution is -2.42. The van der Waals surface area contributed by atoms with E-state index in [1.807, 2.05) is 0 Å². The maximum atomic E-state index is 5.66. The average Bonchev–Trinajstić information content (AvgIpc) is 2.18. The molecule has 0 aliphatic carbocycles. The van der Waals surface area contributed by atoms with E-state index >= 15 is 0 Å². The first-order valence-corrected chi connectivity index (χ1v) is 6.09. The first-order valence-electron chi connectivity index (χ1n) is 5.68. The van der Waals surface area contributed by atoms with Crippen molar-refractivity contribution in [3.8, 4) is 0 Å². The van der Waals surface area contributed by atoms with Crippen molar-refractivity contribution in [3.63, 3.8) is 0 Å². The molecule has 2 N–H and O–H groups in total. The summed E-state index contributed by atoms with van der Waals surface area (Å²) >= 11 is 5.03. The zero-order valence-electron chi connectivity index (χ0n) is 9.33. The molecule has 1 fully saturated rings. The fourth-order valence-corrected chi connectivity index (χ4v) is 2.46. The van der Waals surface area contributed by atoms with Crippen LogP contribution in [-0.4, -0.2) is 29.0 Å². The molecule has 1 rings (SSSR count). The predicted octanol–water partition coefficient (Wildman–Crippen LogP) is 2.17.